The molecule has 2 atom stereocenters. The monoisotopic (exact) mass is 464 g/mol. The standard InChI is InChI=1S/C28H27F3N2O/c1-4-25(32-18(2)20-8-7-9-22(16-20)34-3)27-17-24(23-10-5-6-11-26(23)33-27)19-12-14-21(15-13-19)28(29,30)31/h5-18,25,32H,4H2,1-3H3/t18-,25?/m1/s1. The molecule has 0 spiro atoms. The van der Waals surface area contributed by atoms with Crippen molar-refractivity contribution in [1.29, 1.82) is 0 Å². The second-order valence-electron chi connectivity index (χ2n) is 8.31. The average Bonchev–Trinajstić information content (AvgIpc) is 2.86. The van der Waals surface area contributed by atoms with Gasteiger partial charge in [0, 0.05) is 17.5 Å². The highest BCUT2D eigenvalue weighted by Crippen LogP contribution is 2.35. The van der Waals surface area contributed by atoms with Gasteiger partial charge in [-0.3, -0.25) is 4.98 Å². The van der Waals surface area contributed by atoms with Crippen LogP contribution in [0.15, 0.2) is 78.9 Å². The summed E-state index contributed by atoms with van der Waals surface area (Å²) in [5, 5.41) is 4.56. The minimum Gasteiger partial charge on any atom is -0.497 e. The highest BCUT2D eigenvalue weighted by atomic mass is 19.4. The number of benzene rings is 3. The van der Waals surface area contributed by atoms with Crippen LogP contribution in [0.2, 0.25) is 0 Å². The van der Waals surface area contributed by atoms with Gasteiger partial charge in [-0.1, -0.05) is 49.4 Å². The highest BCUT2D eigenvalue weighted by molar-refractivity contribution is 5.94. The van der Waals surface area contributed by atoms with E-state index in [1.54, 1.807) is 7.11 Å². The lowest BCUT2D eigenvalue weighted by molar-refractivity contribution is -0.137. The number of hydrogen-bond acceptors (Lipinski definition) is 3. The summed E-state index contributed by atoms with van der Waals surface area (Å²) < 4.78 is 44.6. The highest BCUT2D eigenvalue weighted by Gasteiger charge is 2.30. The van der Waals surface area contributed by atoms with E-state index in [0.717, 1.165) is 57.6 Å². The summed E-state index contributed by atoms with van der Waals surface area (Å²) in [5.74, 6) is 0.799. The van der Waals surface area contributed by atoms with Crippen molar-refractivity contribution in [1.82, 2.24) is 10.3 Å². The van der Waals surface area contributed by atoms with Crippen LogP contribution in [0.3, 0.4) is 0 Å². The van der Waals surface area contributed by atoms with E-state index in [1.165, 1.54) is 12.1 Å². The van der Waals surface area contributed by atoms with Crippen molar-refractivity contribution in [2.45, 2.75) is 38.5 Å². The van der Waals surface area contributed by atoms with Gasteiger partial charge < -0.3 is 10.1 Å². The zero-order valence-electron chi connectivity index (χ0n) is 19.4. The Labute approximate surface area is 197 Å². The second kappa shape index (κ2) is 9.85. The number of para-hydroxylation sites is 1. The fourth-order valence-corrected chi connectivity index (χ4v) is 4.17. The molecule has 1 aromatic heterocycles. The molecule has 0 saturated carbocycles. The molecule has 3 nitrogen and oxygen atoms in total. The molecule has 0 aliphatic rings. The first-order valence-corrected chi connectivity index (χ1v) is 11.3. The fraction of sp³-hybridized carbons (Fsp3) is 0.250. The molecule has 4 aromatic rings. The normalized spacial score (nSPS) is 13.6. The second-order valence-corrected chi connectivity index (χ2v) is 8.31. The zero-order valence-corrected chi connectivity index (χ0v) is 19.4. The molecule has 34 heavy (non-hydrogen) atoms. The minimum atomic E-state index is -4.36. The summed E-state index contributed by atoms with van der Waals surface area (Å²) in [4.78, 5) is 4.90. The van der Waals surface area contributed by atoms with Gasteiger partial charge in [-0.25, -0.2) is 0 Å². The van der Waals surface area contributed by atoms with E-state index in [1.807, 2.05) is 54.6 Å². The molecule has 0 radical (unpaired) electrons. The summed E-state index contributed by atoms with van der Waals surface area (Å²) in [6.45, 7) is 4.18. The molecular formula is C28H27F3N2O. The molecule has 0 aliphatic heterocycles. The van der Waals surface area contributed by atoms with Gasteiger partial charge in [-0.05, 0) is 66.4 Å². The van der Waals surface area contributed by atoms with Crippen LogP contribution in [0.5, 0.6) is 5.75 Å². The van der Waals surface area contributed by atoms with Gasteiger partial charge in [0.2, 0.25) is 0 Å². The van der Waals surface area contributed by atoms with Crippen molar-refractivity contribution in [3.05, 3.63) is 95.7 Å². The minimum absolute atomic E-state index is 0.0426. The molecule has 0 amide bonds. The van der Waals surface area contributed by atoms with Crippen molar-refractivity contribution >= 4 is 10.9 Å². The van der Waals surface area contributed by atoms with Crippen molar-refractivity contribution in [2.75, 3.05) is 7.11 Å². The largest absolute Gasteiger partial charge is 0.497 e. The van der Waals surface area contributed by atoms with E-state index in [0.29, 0.717) is 0 Å². The Morgan fingerprint density at radius 1 is 0.941 bits per heavy atom. The lowest BCUT2D eigenvalue weighted by atomic mass is 9.96. The number of ether oxygens (including phenoxy) is 1. The lowest BCUT2D eigenvalue weighted by Gasteiger charge is -2.24. The number of nitrogens with one attached hydrogen (secondary N) is 1. The zero-order chi connectivity index (χ0) is 24.3. The van der Waals surface area contributed by atoms with Gasteiger partial charge in [0.1, 0.15) is 5.75 Å². The van der Waals surface area contributed by atoms with E-state index < -0.39 is 11.7 Å². The molecule has 6 heteroatoms. The van der Waals surface area contributed by atoms with Crippen molar-refractivity contribution in [3.8, 4) is 16.9 Å². The van der Waals surface area contributed by atoms with Gasteiger partial charge in [0.05, 0.1) is 23.9 Å². The van der Waals surface area contributed by atoms with Gasteiger partial charge >= 0.3 is 6.18 Å². The van der Waals surface area contributed by atoms with Gasteiger partial charge in [0.15, 0.2) is 0 Å². The number of halogens is 3. The van der Waals surface area contributed by atoms with Gasteiger partial charge in [-0.15, -0.1) is 0 Å². The Balaban J connectivity index is 1.72. The first-order valence-electron chi connectivity index (χ1n) is 11.3. The third-order valence-corrected chi connectivity index (χ3v) is 6.07. The molecular weight excluding hydrogens is 437 g/mol. The number of nitrogens with zero attached hydrogens (tertiary/aromatic N) is 1. The fourth-order valence-electron chi connectivity index (χ4n) is 4.17. The van der Waals surface area contributed by atoms with Gasteiger partial charge in [0.25, 0.3) is 0 Å². The summed E-state index contributed by atoms with van der Waals surface area (Å²) in [6.07, 6.45) is -3.57. The van der Waals surface area contributed by atoms with E-state index in [9.17, 15) is 13.2 Å². The molecule has 1 unspecified atom stereocenters. The van der Waals surface area contributed by atoms with Crippen LogP contribution in [0.4, 0.5) is 13.2 Å². The SMILES string of the molecule is CCC(N[C@H](C)c1cccc(OC)c1)c1cc(-c2ccc(C(F)(F)F)cc2)c2ccccc2n1. The Kier molecular flexibility index (Phi) is 6.89. The molecule has 1 N–H and O–H groups in total. The number of fused-ring (bicyclic) bond motifs is 1. The third kappa shape index (κ3) is 5.07. The van der Waals surface area contributed by atoms with Crippen molar-refractivity contribution < 1.29 is 17.9 Å². The predicted octanol–water partition coefficient (Wildman–Crippen LogP) is 7.73. The maximum Gasteiger partial charge on any atom is 0.416 e. The van der Waals surface area contributed by atoms with Crippen LogP contribution in [0.25, 0.3) is 22.0 Å². The number of pyridine rings is 1. The Morgan fingerprint density at radius 3 is 2.35 bits per heavy atom. The first kappa shape index (κ1) is 23.8. The number of aromatic nitrogens is 1. The molecule has 0 fully saturated rings. The smallest absolute Gasteiger partial charge is 0.416 e. The van der Waals surface area contributed by atoms with Gasteiger partial charge in [-0.2, -0.15) is 13.2 Å². The van der Waals surface area contributed by atoms with E-state index in [4.69, 9.17) is 9.72 Å². The summed E-state index contributed by atoms with van der Waals surface area (Å²) in [7, 11) is 1.65. The number of methoxy groups -OCH3 is 1. The Bertz CT molecular complexity index is 1270. The third-order valence-electron chi connectivity index (χ3n) is 6.07. The summed E-state index contributed by atoms with van der Waals surface area (Å²) >= 11 is 0. The van der Waals surface area contributed by atoms with Crippen LogP contribution in [0, 0.1) is 0 Å². The Morgan fingerprint density at radius 2 is 1.68 bits per heavy atom. The average molecular weight is 465 g/mol. The quantitative estimate of drug-likeness (QED) is 0.304. The summed E-state index contributed by atoms with van der Waals surface area (Å²) in [6, 6.07) is 23.0. The maximum absolute atomic E-state index is 13.1. The molecule has 0 bridgehead atoms. The molecule has 0 saturated heterocycles. The van der Waals surface area contributed by atoms with E-state index >= 15 is 0 Å². The van der Waals surface area contributed by atoms with Crippen molar-refractivity contribution in [3.63, 3.8) is 0 Å². The molecule has 176 valence electrons. The van der Waals surface area contributed by atoms with Crippen molar-refractivity contribution in [2.24, 2.45) is 0 Å². The van der Waals surface area contributed by atoms with Crippen LogP contribution < -0.4 is 10.1 Å². The molecule has 4 rings (SSSR count). The van der Waals surface area contributed by atoms with E-state index in [-0.39, 0.29) is 12.1 Å². The molecule has 3 aromatic carbocycles. The van der Waals surface area contributed by atoms with Crippen LogP contribution in [-0.4, -0.2) is 12.1 Å². The molecule has 0 aliphatic carbocycles. The lowest BCUT2D eigenvalue weighted by Crippen LogP contribution is -2.25. The summed E-state index contributed by atoms with van der Waals surface area (Å²) in [5.41, 5.74) is 3.69. The number of rotatable bonds is 7. The van der Waals surface area contributed by atoms with Crippen LogP contribution in [0.1, 0.15) is 49.2 Å². The van der Waals surface area contributed by atoms with E-state index in [2.05, 4.69) is 19.2 Å². The number of alkyl halides is 3. The maximum atomic E-state index is 13.1. The Hall–Kier alpha value is -3.38. The topological polar surface area (TPSA) is 34.1 Å². The first-order chi connectivity index (χ1) is 16.3. The van der Waals surface area contributed by atoms with Crippen LogP contribution >= 0.6 is 0 Å². The predicted molar refractivity (Wildman–Crippen MR) is 130 cm³/mol. The number of hydrogen-bond donors (Lipinski definition) is 1. The van der Waals surface area contributed by atoms with Crippen LogP contribution in [-0.2, 0) is 6.18 Å². The molecule has 1 heterocycles.